The van der Waals surface area contributed by atoms with Gasteiger partial charge in [-0.1, -0.05) is 27.5 Å². The minimum absolute atomic E-state index is 0.0874. The number of rotatable bonds is 6. The Morgan fingerprint density at radius 3 is 2.52 bits per heavy atom. The quantitative estimate of drug-likeness (QED) is 0.553. The molecule has 21 heavy (non-hydrogen) atoms. The molecule has 0 aliphatic carbocycles. The predicted octanol–water partition coefficient (Wildman–Crippen LogP) is 4.14. The first-order valence-corrected chi connectivity index (χ1v) is 8.93. The van der Waals surface area contributed by atoms with Crippen molar-refractivity contribution in [2.75, 3.05) is 25.0 Å². The molecule has 1 aliphatic rings. The van der Waals surface area contributed by atoms with Crippen LogP contribution in [-0.2, 0) is 4.74 Å². The average Bonchev–Trinajstić information content (AvgIpc) is 2.52. The number of alkyl halides is 1. The average molecular weight is 375 g/mol. The molecule has 0 saturated carbocycles. The van der Waals surface area contributed by atoms with Crippen LogP contribution < -0.4 is 0 Å². The largest absolute Gasteiger partial charge is 0.378 e. The van der Waals surface area contributed by atoms with Gasteiger partial charge in [-0.05, 0) is 49.9 Å². The van der Waals surface area contributed by atoms with Gasteiger partial charge in [0.25, 0.3) is 5.91 Å². The molecule has 0 N–H and O–H groups in total. The van der Waals surface area contributed by atoms with E-state index in [0.717, 1.165) is 50.7 Å². The fourth-order valence-corrected chi connectivity index (χ4v) is 2.97. The van der Waals surface area contributed by atoms with Crippen molar-refractivity contribution in [1.29, 1.82) is 0 Å². The second-order valence-corrected chi connectivity index (χ2v) is 6.49. The molecule has 5 heteroatoms. The van der Waals surface area contributed by atoms with Gasteiger partial charge in [0.05, 0.1) is 6.10 Å². The van der Waals surface area contributed by atoms with E-state index >= 15 is 0 Å². The Bertz CT molecular complexity index is 444. The molecule has 0 atom stereocenters. The third-order valence-corrected chi connectivity index (χ3v) is 4.51. The van der Waals surface area contributed by atoms with Gasteiger partial charge in [0.2, 0.25) is 0 Å². The van der Waals surface area contributed by atoms with Gasteiger partial charge >= 0.3 is 0 Å². The summed E-state index contributed by atoms with van der Waals surface area (Å²) in [5.74, 6) is 0.0874. The zero-order chi connectivity index (χ0) is 15.1. The Kier molecular flexibility index (Phi) is 7.00. The van der Waals surface area contributed by atoms with Crippen molar-refractivity contribution in [1.82, 2.24) is 4.90 Å². The third-order valence-electron chi connectivity index (χ3n) is 3.70. The lowest BCUT2D eigenvalue weighted by molar-refractivity contribution is 0.00773. The molecule has 0 spiro atoms. The molecule has 3 nitrogen and oxygen atoms in total. The lowest BCUT2D eigenvalue weighted by Crippen LogP contribution is -2.41. The number of nitrogens with zero attached hydrogens (tertiary/aromatic N) is 1. The lowest BCUT2D eigenvalue weighted by atomic mass is 10.1. The molecule has 1 aliphatic heterocycles. The zero-order valence-electron chi connectivity index (χ0n) is 12.1. The summed E-state index contributed by atoms with van der Waals surface area (Å²) >= 11 is 9.27. The maximum Gasteiger partial charge on any atom is 0.253 e. The highest BCUT2D eigenvalue weighted by Gasteiger charge is 2.23. The third kappa shape index (κ3) is 5.28. The Morgan fingerprint density at radius 2 is 1.90 bits per heavy atom. The van der Waals surface area contributed by atoms with Gasteiger partial charge < -0.3 is 9.64 Å². The summed E-state index contributed by atoms with van der Waals surface area (Å²) < 4.78 is 5.86. The van der Waals surface area contributed by atoms with Crippen LogP contribution in [0.5, 0.6) is 0 Å². The second kappa shape index (κ2) is 8.76. The van der Waals surface area contributed by atoms with Crippen molar-refractivity contribution in [3.63, 3.8) is 0 Å². The maximum atomic E-state index is 12.4. The first kappa shape index (κ1) is 16.8. The highest BCUT2D eigenvalue weighted by molar-refractivity contribution is 9.09. The van der Waals surface area contributed by atoms with Crippen LogP contribution in [0.1, 0.15) is 36.0 Å². The molecular formula is C16H21BrClNO2. The smallest absolute Gasteiger partial charge is 0.253 e. The number of amides is 1. The molecule has 1 aromatic carbocycles. The first-order valence-electron chi connectivity index (χ1n) is 7.43. The van der Waals surface area contributed by atoms with E-state index in [-0.39, 0.29) is 5.91 Å². The molecule has 0 bridgehead atoms. The molecule has 1 amide bonds. The number of likely N-dealkylation sites (tertiary alicyclic amines) is 1. The number of hydrogen-bond acceptors (Lipinski definition) is 2. The molecule has 116 valence electrons. The summed E-state index contributed by atoms with van der Waals surface area (Å²) in [6, 6.07) is 7.09. The first-order chi connectivity index (χ1) is 10.2. The van der Waals surface area contributed by atoms with Crippen molar-refractivity contribution in [2.24, 2.45) is 0 Å². The van der Waals surface area contributed by atoms with Gasteiger partial charge in [0.15, 0.2) is 0 Å². The molecular weight excluding hydrogens is 354 g/mol. The topological polar surface area (TPSA) is 29.5 Å². The van der Waals surface area contributed by atoms with E-state index in [1.165, 1.54) is 0 Å². The van der Waals surface area contributed by atoms with Crippen LogP contribution in [-0.4, -0.2) is 41.9 Å². The number of benzene rings is 1. The van der Waals surface area contributed by atoms with Gasteiger partial charge in [0.1, 0.15) is 0 Å². The van der Waals surface area contributed by atoms with Crippen molar-refractivity contribution in [3.05, 3.63) is 34.9 Å². The van der Waals surface area contributed by atoms with E-state index < -0.39 is 0 Å². The van der Waals surface area contributed by atoms with Gasteiger partial charge in [-0.2, -0.15) is 0 Å². The van der Waals surface area contributed by atoms with Gasteiger partial charge in [-0.15, -0.1) is 0 Å². The fourth-order valence-electron chi connectivity index (χ4n) is 2.45. The van der Waals surface area contributed by atoms with E-state index in [9.17, 15) is 4.79 Å². The van der Waals surface area contributed by atoms with Crippen LogP contribution >= 0.6 is 27.5 Å². The Balaban J connectivity index is 1.75. The maximum absolute atomic E-state index is 12.4. The number of halogens is 2. The molecule has 1 saturated heterocycles. The van der Waals surface area contributed by atoms with Crippen molar-refractivity contribution in [3.8, 4) is 0 Å². The van der Waals surface area contributed by atoms with Crippen molar-refractivity contribution < 1.29 is 9.53 Å². The van der Waals surface area contributed by atoms with Gasteiger partial charge in [-0.3, -0.25) is 4.79 Å². The van der Waals surface area contributed by atoms with E-state index in [2.05, 4.69) is 15.9 Å². The standard InChI is InChI=1S/C16H21BrClNO2/c17-9-1-2-12-21-15-7-10-19(11-8-15)16(20)13-3-5-14(18)6-4-13/h3-6,15H,1-2,7-12H2. The number of ether oxygens (including phenoxy) is 1. The van der Waals surface area contributed by atoms with Crippen LogP contribution in [0.25, 0.3) is 0 Å². The summed E-state index contributed by atoms with van der Waals surface area (Å²) in [5.41, 5.74) is 0.705. The SMILES string of the molecule is O=C(c1ccc(Cl)cc1)N1CCC(OCCCCBr)CC1. The summed E-state index contributed by atoms with van der Waals surface area (Å²) in [6.45, 7) is 2.36. The summed E-state index contributed by atoms with van der Waals surface area (Å²) in [6.07, 6.45) is 4.39. The number of carbonyl (C=O) groups is 1. The number of carbonyl (C=O) groups excluding carboxylic acids is 1. The zero-order valence-corrected chi connectivity index (χ0v) is 14.4. The molecule has 1 aromatic rings. The van der Waals surface area contributed by atoms with E-state index in [4.69, 9.17) is 16.3 Å². The van der Waals surface area contributed by atoms with Gasteiger partial charge in [0, 0.05) is 35.6 Å². The van der Waals surface area contributed by atoms with Crippen LogP contribution in [0.2, 0.25) is 5.02 Å². The number of piperidine rings is 1. The normalized spacial score (nSPS) is 16.2. The van der Waals surface area contributed by atoms with Crippen LogP contribution in [0.3, 0.4) is 0 Å². The number of hydrogen-bond donors (Lipinski definition) is 0. The van der Waals surface area contributed by atoms with Crippen molar-refractivity contribution in [2.45, 2.75) is 31.8 Å². The Hall–Kier alpha value is -0.580. The summed E-state index contributed by atoms with van der Waals surface area (Å²) in [5, 5.41) is 1.69. The molecule has 2 rings (SSSR count). The lowest BCUT2D eigenvalue weighted by Gasteiger charge is -2.32. The van der Waals surface area contributed by atoms with Crippen molar-refractivity contribution >= 4 is 33.4 Å². The number of unbranched alkanes of at least 4 members (excludes halogenated alkanes) is 1. The molecule has 0 aromatic heterocycles. The van der Waals surface area contributed by atoms with E-state index in [0.29, 0.717) is 16.7 Å². The molecule has 1 fully saturated rings. The Morgan fingerprint density at radius 1 is 1.24 bits per heavy atom. The molecule has 0 radical (unpaired) electrons. The second-order valence-electron chi connectivity index (χ2n) is 5.27. The summed E-state index contributed by atoms with van der Waals surface area (Å²) in [7, 11) is 0. The minimum atomic E-state index is 0.0874. The fraction of sp³-hybridized carbons (Fsp3) is 0.562. The Labute approximate surface area is 139 Å². The van der Waals surface area contributed by atoms with Crippen LogP contribution in [0.15, 0.2) is 24.3 Å². The summed E-state index contributed by atoms with van der Waals surface area (Å²) in [4.78, 5) is 14.3. The van der Waals surface area contributed by atoms with Crippen LogP contribution in [0.4, 0.5) is 0 Å². The van der Waals surface area contributed by atoms with Crippen LogP contribution in [0, 0.1) is 0 Å². The van der Waals surface area contributed by atoms with E-state index in [1.54, 1.807) is 24.3 Å². The molecule has 1 heterocycles. The van der Waals surface area contributed by atoms with Gasteiger partial charge in [-0.25, -0.2) is 0 Å². The van der Waals surface area contributed by atoms with E-state index in [1.807, 2.05) is 4.90 Å². The highest BCUT2D eigenvalue weighted by Crippen LogP contribution is 2.18. The predicted molar refractivity (Wildman–Crippen MR) is 89.4 cm³/mol. The minimum Gasteiger partial charge on any atom is -0.378 e. The molecule has 0 unspecified atom stereocenters. The highest BCUT2D eigenvalue weighted by atomic mass is 79.9. The monoisotopic (exact) mass is 373 g/mol.